The fourth-order valence-corrected chi connectivity index (χ4v) is 6.97. The summed E-state index contributed by atoms with van der Waals surface area (Å²) in [5.74, 6) is 0. The van der Waals surface area contributed by atoms with Crippen LogP contribution in [0.2, 0.25) is 0 Å². The van der Waals surface area contributed by atoms with Gasteiger partial charge in [0.05, 0.1) is 0 Å². The standard InChI is InChI=1S/2C23H27.C2H4BN2O2.2ClH.Zr/c2*1-5-6-10-17-15-18-11-9-13-19(21(18)16-17)20-12-7-8-14-22(20)23(2,3)4;6-1-4-3-5-2-7;;;/h2*7-9,11-16H,5-6,10H2,1-4H3;1-2H,(H,4,6)(H,5,7);2*1H;/q2*-1;;;;+4/p-2. The van der Waals surface area contributed by atoms with Crippen molar-refractivity contribution in [3.8, 4) is 22.3 Å². The van der Waals surface area contributed by atoms with E-state index in [1.165, 1.54) is 105 Å². The fraction of sp³-hybridized carbons (Fsp3) is 0.333. The van der Waals surface area contributed by atoms with E-state index in [4.69, 9.17) is 17.0 Å². The van der Waals surface area contributed by atoms with Gasteiger partial charge < -0.3 is 10.5 Å². The van der Waals surface area contributed by atoms with Crippen molar-refractivity contribution in [2.45, 2.75) is 105 Å². The first kappa shape index (κ1) is 46.9. The number of benzene rings is 4. The summed E-state index contributed by atoms with van der Waals surface area (Å²) >= 11 is -0.826. The van der Waals surface area contributed by atoms with Crippen LogP contribution in [0.1, 0.15) is 103 Å². The van der Waals surface area contributed by atoms with Crippen molar-refractivity contribution in [1.82, 2.24) is 10.5 Å². The first-order valence-corrected chi connectivity index (χ1v) is 25.9. The Balaban J connectivity index is 0.000000243. The van der Waals surface area contributed by atoms with Crippen molar-refractivity contribution in [1.29, 1.82) is 0 Å². The van der Waals surface area contributed by atoms with Crippen LogP contribution in [0, 0.1) is 0 Å². The van der Waals surface area contributed by atoms with Gasteiger partial charge >= 0.3 is 45.4 Å². The third-order valence-electron chi connectivity index (χ3n) is 9.61. The summed E-state index contributed by atoms with van der Waals surface area (Å²) in [5.41, 5.74) is 11.6. The summed E-state index contributed by atoms with van der Waals surface area (Å²) in [6.07, 6.45) is 8.32. The van der Waals surface area contributed by atoms with E-state index in [9.17, 15) is 9.59 Å². The van der Waals surface area contributed by atoms with Crippen molar-refractivity contribution in [2.24, 2.45) is 0 Å². The molecular weight excluding hydrogens is 809 g/mol. The molecule has 6 aromatic rings. The molecule has 0 unspecified atom stereocenters. The molecule has 56 heavy (non-hydrogen) atoms. The van der Waals surface area contributed by atoms with Gasteiger partial charge in [0.2, 0.25) is 0 Å². The Labute approximate surface area is 355 Å². The zero-order valence-electron chi connectivity index (χ0n) is 34.4. The van der Waals surface area contributed by atoms with Crippen molar-refractivity contribution < 1.29 is 30.4 Å². The van der Waals surface area contributed by atoms with Crippen LogP contribution >= 0.6 is 17.0 Å². The topological polar surface area (TPSA) is 58.2 Å². The molecule has 0 aromatic heterocycles. The van der Waals surface area contributed by atoms with E-state index in [1.807, 2.05) is 0 Å². The van der Waals surface area contributed by atoms with E-state index < -0.39 is 20.8 Å². The Morgan fingerprint density at radius 3 is 1.29 bits per heavy atom. The van der Waals surface area contributed by atoms with Crippen molar-refractivity contribution >= 4 is 58.9 Å². The number of rotatable bonds is 12. The van der Waals surface area contributed by atoms with E-state index in [0.29, 0.717) is 12.8 Å². The van der Waals surface area contributed by atoms with Gasteiger partial charge in [-0.2, -0.15) is 12.1 Å². The number of unbranched alkanes of at least 4 members (excludes halogenated alkanes) is 2. The maximum atomic E-state index is 9.38. The fourth-order valence-electron chi connectivity index (χ4n) is 6.97. The number of hydrogen-bond acceptors (Lipinski definition) is 2. The third kappa shape index (κ3) is 13.9. The number of hydrogen-bond donors (Lipinski definition) is 2. The van der Waals surface area contributed by atoms with E-state index in [0.717, 1.165) is 7.55 Å². The van der Waals surface area contributed by atoms with Crippen LogP contribution in [0.25, 0.3) is 43.8 Å². The summed E-state index contributed by atoms with van der Waals surface area (Å²) in [6.45, 7) is 18.3. The molecule has 6 rings (SSSR count). The summed E-state index contributed by atoms with van der Waals surface area (Å²) in [7, 11) is 11.0. The van der Waals surface area contributed by atoms with Gasteiger partial charge in [0.1, 0.15) is 0 Å². The molecule has 0 fully saturated rings. The van der Waals surface area contributed by atoms with Crippen LogP contribution in [0.3, 0.4) is 0 Å². The van der Waals surface area contributed by atoms with Crippen LogP contribution < -0.4 is 10.5 Å². The molecular formula is C48H58BCl2N2O2Zr. The minimum atomic E-state index is -0.826. The molecule has 0 saturated heterocycles. The number of nitrogens with one attached hydrogen (secondary N) is 2. The van der Waals surface area contributed by atoms with Crippen molar-refractivity contribution in [3.63, 3.8) is 0 Å². The van der Waals surface area contributed by atoms with Crippen LogP contribution in [-0.2, 0) is 54.1 Å². The summed E-state index contributed by atoms with van der Waals surface area (Å²) in [4.78, 5) is 18.8. The zero-order chi connectivity index (χ0) is 41.1. The predicted molar refractivity (Wildman–Crippen MR) is 240 cm³/mol. The molecule has 1 radical (unpaired) electrons. The van der Waals surface area contributed by atoms with Crippen LogP contribution in [-0.4, -0.2) is 20.4 Å². The zero-order valence-corrected chi connectivity index (χ0v) is 38.4. The van der Waals surface area contributed by atoms with Crippen molar-refractivity contribution in [2.75, 3.05) is 0 Å². The van der Waals surface area contributed by atoms with Crippen LogP contribution in [0.5, 0.6) is 0 Å². The molecule has 0 aliphatic heterocycles. The molecule has 0 spiro atoms. The second kappa shape index (κ2) is 23.7. The Morgan fingerprint density at radius 2 is 0.946 bits per heavy atom. The summed E-state index contributed by atoms with van der Waals surface area (Å²) in [5, 5.41) is 9.74. The molecule has 8 heteroatoms. The number of aryl methyl sites for hydroxylation is 2. The molecule has 0 aliphatic rings. The third-order valence-corrected chi connectivity index (χ3v) is 9.61. The first-order valence-electron chi connectivity index (χ1n) is 19.6. The number of fused-ring (bicyclic) bond motifs is 2. The van der Waals surface area contributed by atoms with Gasteiger partial charge in [-0.05, 0) is 45.9 Å². The number of carbonyl (C=O) groups excluding carboxylic acids is 2. The predicted octanol–water partition coefficient (Wildman–Crippen LogP) is 13.1. The average molecular weight is 868 g/mol. The van der Waals surface area contributed by atoms with Gasteiger partial charge in [-0.15, -0.1) is 69.1 Å². The van der Waals surface area contributed by atoms with Crippen molar-refractivity contribution in [3.05, 3.63) is 131 Å². The molecule has 0 aliphatic carbocycles. The summed E-state index contributed by atoms with van der Waals surface area (Å²) in [6, 6.07) is 40.7. The number of carbonyl (C=O) groups is 2. The van der Waals surface area contributed by atoms with Gasteiger partial charge in [0.25, 0.3) is 0 Å². The second-order valence-corrected chi connectivity index (χ2v) is 19.7. The molecule has 2 N–H and O–H groups in total. The Morgan fingerprint density at radius 1 is 0.589 bits per heavy atom. The molecule has 293 valence electrons. The number of amides is 2. The molecule has 6 aromatic carbocycles. The van der Waals surface area contributed by atoms with Gasteiger partial charge in [0, 0.05) is 0 Å². The average Bonchev–Trinajstić information content (AvgIpc) is 3.80. The van der Waals surface area contributed by atoms with Gasteiger partial charge in [-0.25, -0.2) is 0 Å². The molecule has 0 saturated carbocycles. The molecule has 4 nitrogen and oxygen atoms in total. The SMILES string of the molecule is CCCCc1cc2c(-c3ccccc3C(C)(C)C)cccc2[cH-]1.CCCCc1cc2c(-c3ccccc3C(C)(C)C)cccc2[cH-]1.O=CN[B]NC=O.[Cl][Zr+2][Cl]. The van der Waals surface area contributed by atoms with E-state index >= 15 is 0 Å². The Hall–Kier alpha value is -3.43. The van der Waals surface area contributed by atoms with Gasteiger partial charge in [-0.1, -0.05) is 153 Å². The molecule has 2 amide bonds. The Bertz CT molecular complexity index is 1940. The number of halogens is 2. The Kier molecular flexibility index (Phi) is 19.9. The minimum absolute atomic E-state index is 0.149. The second-order valence-electron chi connectivity index (χ2n) is 15.9. The van der Waals surface area contributed by atoms with Crippen LogP contribution in [0.4, 0.5) is 0 Å². The first-order chi connectivity index (χ1) is 26.8. The monoisotopic (exact) mass is 865 g/mol. The summed E-state index contributed by atoms with van der Waals surface area (Å²) < 4.78 is 0. The van der Waals surface area contributed by atoms with Gasteiger partial charge in [-0.3, -0.25) is 9.59 Å². The molecule has 0 bridgehead atoms. The van der Waals surface area contributed by atoms with E-state index in [1.54, 1.807) is 0 Å². The normalized spacial score (nSPS) is 10.8. The maximum absolute atomic E-state index is 9.38. The van der Waals surface area contributed by atoms with Crippen LogP contribution in [0.15, 0.2) is 109 Å². The molecule has 0 heterocycles. The van der Waals surface area contributed by atoms with E-state index in [2.05, 4.69) is 175 Å². The van der Waals surface area contributed by atoms with E-state index in [-0.39, 0.29) is 10.8 Å². The van der Waals surface area contributed by atoms with Gasteiger partial charge in [0.15, 0.2) is 12.8 Å². The molecule has 0 atom stereocenters. The quantitative estimate of drug-likeness (QED) is 0.0557.